The lowest BCUT2D eigenvalue weighted by Gasteiger charge is -2.43. The Balaban J connectivity index is 1.85. The highest BCUT2D eigenvalue weighted by molar-refractivity contribution is 6.30. The van der Waals surface area contributed by atoms with E-state index in [9.17, 15) is 0 Å². The molecule has 2 nitrogen and oxygen atoms in total. The summed E-state index contributed by atoms with van der Waals surface area (Å²) < 4.78 is 5.79. The highest BCUT2D eigenvalue weighted by Crippen LogP contribution is 2.46. The maximum Gasteiger partial charge on any atom is 0.0514 e. The van der Waals surface area contributed by atoms with Gasteiger partial charge in [0.05, 0.1) is 6.61 Å². The molecule has 0 aliphatic carbocycles. The summed E-state index contributed by atoms with van der Waals surface area (Å²) in [6, 6.07) is 9.89. The van der Waals surface area contributed by atoms with Crippen molar-refractivity contribution in [3.63, 3.8) is 0 Å². The van der Waals surface area contributed by atoms with Crippen LogP contribution in [0.1, 0.15) is 37.7 Å². The first-order valence-corrected chi connectivity index (χ1v) is 8.13. The van der Waals surface area contributed by atoms with Crippen LogP contribution < -0.4 is 0 Å². The van der Waals surface area contributed by atoms with Gasteiger partial charge < -0.3 is 9.64 Å². The van der Waals surface area contributed by atoms with Gasteiger partial charge in [-0.3, -0.25) is 0 Å². The zero-order valence-corrected chi connectivity index (χ0v) is 13.1. The van der Waals surface area contributed by atoms with Gasteiger partial charge in [-0.05, 0) is 56.8 Å². The first-order chi connectivity index (χ1) is 9.70. The van der Waals surface area contributed by atoms with E-state index in [0.717, 1.165) is 24.3 Å². The first-order valence-electron chi connectivity index (χ1n) is 7.76. The summed E-state index contributed by atoms with van der Waals surface area (Å²) in [6.45, 7) is 3.77. The quantitative estimate of drug-likeness (QED) is 0.834. The SMILES string of the molecule is CCOC[C@@H]1[C@@H](c2ccc(Cl)cc2)CC2CC[C@H]1N2C. The number of fused-ring (bicyclic) bond motifs is 2. The van der Waals surface area contributed by atoms with Gasteiger partial charge in [0, 0.05) is 29.6 Å². The fraction of sp³-hybridized carbons (Fsp3) is 0.647. The van der Waals surface area contributed by atoms with E-state index in [0.29, 0.717) is 17.9 Å². The van der Waals surface area contributed by atoms with Gasteiger partial charge in [0.2, 0.25) is 0 Å². The molecule has 20 heavy (non-hydrogen) atoms. The van der Waals surface area contributed by atoms with Crippen molar-refractivity contribution in [1.29, 1.82) is 0 Å². The summed E-state index contributed by atoms with van der Waals surface area (Å²) in [5.74, 6) is 1.23. The minimum absolute atomic E-state index is 0.611. The molecule has 3 heteroatoms. The van der Waals surface area contributed by atoms with Crippen molar-refractivity contribution < 1.29 is 4.74 Å². The Morgan fingerprint density at radius 1 is 1.25 bits per heavy atom. The lowest BCUT2D eigenvalue weighted by molar-refractivity contribution is 0.0253. The number of benzene rings is 1. The molecule has 2 bridgehead atoms. The number of nitrogens with zero attached hydrogens (tertiary/aromatic N) is 1. The molecule has 2 aliphatic heterocycles. The average Bonchev–Trinajstić information content (AvgIpc) is 2.71. The van der Waals surface area contributed by atoms with E-state index in [1.807, 2.05) is 12.1 Å². The van der Waals surface area contributed by atoms with E-state index in [1.54, 1.807) is 0 Å². The third kappa shape index (κ3) is 2.61. The summed E-state index contributed by atoms with van der Waals surface area (Å²) in [5, 5.41) is 0.825. The zero-order chi connectivity index (χ0) is 14.1. The smallest absolute Gasteiger partial charge is 0.0514 e. The van der Waals surface area contributed by atoms with Crippen molar-refractivity contribution in [3.05, 3.63) is 34.9 Å². The normalized spacial score (nSPS) is 33.5. The predicted octanol–water partition coefficient (Wildman–Crippen LogP) is 3.94. The van der Waals surface area contributed by atoms with Crippen LogP contribution in [0.25, 0.3) is 0 Å². The number of rotatable bonds is 4. The predicted molar refractivity (Wildman–Crippen MR) is 83.4 cm³/mol. The van der Waals surface area contributed by atoms with Crippen LogP contribution in [0.4, 0.5) is 0 Å². The Morgan fingerprint density at radius 2 is 2.00 bits per heavy atom. The van der Waals surface area contributed by atoms with Crippen LogP contribution in [0.5, 0.6) is 0 Å². The summed E-state index contributed by atoms with van der Waals surface area (Å²) in [5.41, 5.74) is 1.43. The highest BCUT2D eigenvalue weighted by Gasteiger charge is 2.45. The topological polar surface area (TPSA) is 12.5 Å². The van der Waals surface area contributed by atoms with E-state index >= 15 is 0 Å². The molecule has 2 saturated heterocycles. The van der Waals surface area contributed by atoms with Crippen molar-refractivity contribution in [2.45, 2.75) is 44.2 Å². The molecule has 0 aromatic heterocycles. The number of hydrogen-bond acceptors (Lipinski definition) is 2. The average molecular weight is 294 g/mol. The van der Waals surface area contributed by atoms with Gasteiger partial charge in [-0.1, -0.05) is 23.7 Å². The number of hydrogen-bond donors (Lipinski definition) is 0. The number of piperidine rings is 1. The Bertz CT molecular complexity index is 447. The summed E-state index contributed by atoms with van der Waals surface area (Å²) in [7, 11) is 2.29. The molecule has 0 spiro atoms. The van der Waals surface area contributed by atoms with Gasteiger partial charge >= 0.3 is 0 Å². The fourth-order valence-corrected chi connectivity index (χ4v) is 4.28. The molecular formula is C17H24ClNO. The number of halogens is 1. The summed E-state index contributed by atoms with van der Waals surface area (Å²) in [6.07, 6.45) is 3.92. The van der Waals surface area contributed by atoms with Crippen LogP contribution in [-0.2, 0) is 4.74 Å². The van der Waals surface area contributed by atoms with E-state index in [4.69, 9.17) is 16.3 Å². The summed E-state index contributed by atoms with van der Waals surface area (Å²) in [4.78, 5) is 2.59. The van der Waals surface area contributed by atoms with Gasteiger partial charge in [0.25, 0.3) is 0 Å². The van der Waals surface area contributed by atoms with Crippen LogP contribution in [0.15, 0.2) is 24.3 Å². The Morgan fingerprint density at radius 3 is 2.70 bits per heavy atom. The maximum absolute atomic E-state index is 6.03. The van der Waals surface area contributed by atoms with Crippen LogP contribution in [-0.4, -0.2) is 37.2 Å². The molecular weight excluding hydrogens is 270 g/mol. The van der Waals surface area contributed by atoms with Crippen molar-refractivity contribution in [2.75, 3.05) is 20.3 Å². The first kappa shape index (κ1) is 14.4. The second kappa shape index (κ2) is 6.05. The Labute approximate surface area is 127 Å². The lowest BCUT2D eigenvalue weighted by Crippen LogP contribution is -2.47. The molecule has 110 valence electrons. The fourth-order valence-electron chi connectivity index (χ4n) is 4.15. The Kier molecular flexibility index (Phi) is 4.34. The zero-order valence-electron chi connectivity index (χ0n) is 12.4. The van der Waals surface area contributed by atoms with Gasteiger partial charge in [-0.2, -0.15) is 0 Å². The third-order valence-corrected chi connectivity index (χ3v) is 5.50. The molecule has 2 aliphatic rings. The molecule has 0 amide bonds. The molecule has 0 saturated carbocycles. The summed E-state index contributed by atoms with van der Waals surface area (Å²) >= 11 is 6.03. The minimum atomic E-state index is 0.611. The molecule has 1 aromatic carbocycles. The Hall–Kier alpha value is -0.570. The molecule has 0 N–H and O–H groups in total. The third-order valence-electron chi connectivity index (χ3n) is 5.24. The molecule has 4 atom stereocenters. The minimum Gasteiger partial charge on any atom is -0.381 e. The molecule has 1 unspecified atom stereocenters. The maximum atomic E-state index is 6.03. The van der Waals surface area contributed by atoms with Crippen LogP contribution >= 0.6 is 11.6 Å². The van der Waals surface area contributed by atoms with E-state index in [1.165, 1.54) is 24.8 Å². The van der Waals surface area contributed by atoms with Crippen LogP contribution in [0.2, 0.25) is 5.02 Å². The van der Waals surface area contributed by atoms with Gasteiger partial charge in [-0.25, -0.2) is 0 Å². The standard InChI is InChI=1S/C17H24ClNO/c1-3-20-11-16-15(12-4-6-13(18)7-5-12)10-14-8-9-17(16)19(14)2/h4-7,14-17H,3,8-11H2,1-2H3/t14?,15-,16-,17-/m1/s1. The molecule has 2 heterocycles. The largest absolute Gasteiger partial charge is 0.381 e. The van der Waals surface area contributed by atoms with Crippen molar-refractivity contribution in [1.82, 2.24) is 4.90 Å². The van der Waals surface area contributed by atoms with Crippen LogP contribution in [0.3, 0.4) is 0 Å². The molecule has 1 aromatic rings. The van der Waals surface area contributed by atoms with Gasteiger partial charge in [-0.15, -0.1) is 0 Å². The van der Waals surface area contributed by atoms with E-state index in [-0.39, 0.29) is 0 Å². The van der Waals surface area contributed by atoms with E-state index in [2.05, 4.69) is 31.0 Å². The monoisotopic (exact) mass is 293 g/mol. The van der Waals surface area contributed by atoms with Crippen molar-refractivity contribution in [2.24, 2.45) is 5.92 Å². The molecule has 2 fully saturated rings. The second-order valence-electron chi connectivity index (χ2n) is 6.18. The van der Waals surface area contributed by atoms with Gasteiger partial charge in [0.15, 0.2) is 0 Å². The number of ether oxygens (including phenoxy) is 1. The van der Waals surface area contributed by atoms with Crippen molar-refractivity contribution >= 4 is 11.6 Å². The van der Waals surface area contributed by atoms with Crippen molar-refractivity contribution in [3.8, 4) is 0 Å². The van der Waals surface area contributed by atoms with Crippen LogP contribution in [0, 0.1) is 5.92 Å². The molecule has 3 rings (SSSR count). The van der Waals surface area contributed by atoms with E-state index < -0.39 is 0 Å². The second-order valence-corrected chi connectivity index (χ2v) is 6.62. The lowest BCUT2D eigenvalue weighted by atomic mass is 9.76. The molecule has 0 radical (unpaired) electrons. The van der Waals surface area contributed by atoms with Gasteiger partial charge in [0.1, 0.15) is 0 Å². The highest BCUT2D eigenvalue weighted by atomic mass is 35.5.